The van der Waals surface area contributed by atoms with Gasteiger partial charge < -0.3 is 10.5 Å². The van der Waals surface area contributed by atoms with Gasteiger partial charge in [0.1, 0.15) is 6.29 Å². The van der Waals surface area contributed by atoms with Crippen LogP contribution < -0.4 is 5.73 Å². The van der Waals surface area contributed by atoms with Crippen molar-refractivity contribution in [3.05, 3.63) is 48.0 Å². The summed E-state index contributed by atoms with van der Waals surface area (Å²) in [6.45, 7) is 1.72. The van der Waals surface area contributed by atoms with Gasteiger partial charge in [0.15, 0.2) is 0 Å². The van der Waals surface area contributed by atoms with Crippen LogP contribution in [0.3, 0.4) is 0 Å². The zero-order chi connectivity index (χ0) is 10.9. The monoisotopic (exact) mass is 199 g/mol. The SMILES string of the molecule is C[C@](N)(C=O)c1cccc2ccccc12. The van der Waals surface area contributed by atoms with Crippen molar-refractivity contribution in [1.29, 1.82) is 0 Å². The van der Waals surface area contributed by atoms with Crippen molar-refractivity contribution in [2.45, 2.75) is 12.5 Å². The first kappa shape index (κ1) is 9.87. The summed E-state index contributed by atoms with van der Waals surface area (Å²) in [5.74, 6) is 0. The Balaban J connectivity index is 2.76. The molecule has 0 spiro atoms. The summed E-state index contributed by atoms with van der Waals surface area (Å²) in [5.41, 5.74) is 5.89. The number of hydrogen-bond donors (Lipinski definition) is 1. The molecule has 2 nitrogen and oxygen atoms in total. The van der Waals surface area contributed by atoms with Crippen molar-refractivity contribution >= 4 is 17.1 Å². The predicted molar refractivity (Wildman–Crippen MR) is 61.6 cm³/mol. The third-order valence-corrected chi connectivity index (χ3v) is 2.61. The molecule has 2 heteroatoms. The number of carbonyl (C=O) groups is 1. The van der Waals surface area contributed by atoms with Crippen LogP contribution in [-0.4, -0.2) is 6.29 Å². The highest BCUT2D eigenvalue weighted by Crippen LogP contribution is 2.25. The van der Waals surface area contributed by atoms with Crippen LogP contribution >= 0.6 is 0 Å². The molecule has 0 aliphatic rings. The fraction of sp³-hybridized carbons (Fsp3) is 0.154. The topological polar surface area (TPSA) is 43.1 Å². The van der Waals surface area contributed by atoms with Crippen LogP contribution in [0.1, 0.15) is 12.5 Å². The molecule has 15 heavy (non-hydrogen) atoms. The standard InChI is InChI=1S/C13H13NO/c1-13(14,9-15)12-8-4-6-10-5-2-3-7-11(10)12/h2-9H,14H2,1H3/t13-/m0/s1. The minimum Gasteiger partial charge on any atom is -0.316 e. The summed E-state index contributed by atoms with van der Waals surface area (Å²) in [7, 11) is 0. The molecule has 0 amide bonds. The van der Waals surface area contributed by atoms with Crippen LogP contribution in [0.5, 0.6) is 0 Å². The lowest BCUT2D eigenvalue weighted by Gasteiger charge is -2.19. The Bertz CT molecular complexity index is 497. The lowest BCUT2D eigenvalue weighted by molar-refractivity contribution is -0.111. The van der Waals surface area contributed by atoms with Crippen LogP contribution in [0.15, 0.2) is 42.5 Å². The van der Waals surface area contributed by atoms with Gasteiger partial charge in [-0.25, -0.2) is 0 Å². The van der Waals surface area contributed by atoms with Crippen molar-refractivity contribution in [3.8, 4) is 0 Å². The molecule has 76 valence electrons. The molecule has 0 saturated heterocycles. The van der Waals surface area contributed by atoms with Crippen LogP contribution in [-0.2, 0) is 10.3 Å². The van der Waals surface area contributed by atoms with Crippen LogP contribution in [0, 0.1) is 0 Å². The molecular weight excluding hydrogens is 186 g/mol. The van der Waals surface area contributed by atoms with Crippen molar-refractivity contribution < 1.29 is 4.79 Å². The van der Waals surface area contributed by atoms with E-state index >= 15 is 0 Å². The summed E-state index contributed by atoms with van der Waals surface area (Å²) in [5, 5.41) is 2.14. The molecule has 0 heterocycles. The maximum Gasteiger partial charge on any atom is 0.144 e. The van der Waals surface area contributed by atoms with Gasteiger partial charge >= 0.3 is 0 Å². The van der Waals surface area contributed by atoms with E-state index in [2.05, 4.69) is 0 Å². The van der Waals surface area contributed by atoms with Crippen molar-refractivity contribution in [2.75, 3.05) is 0 Å². The van der Waals surface area contributed by atoms with Crippen molar-refractivity contribution in [1.82, 2.24) is 0 Å². The second-order valence-corrected chi connectivity index (χ2v) is 3.93. The number of fused-ring (bicyclic) bond motifs is 1. The van der Waals surface area contributed by atoms with E-state index < -0.39 is 5.54 Å². The van der Waals surface area contributed by atoms with E-state index in [4.69, 9.17) is 5.73 Å². The minimum absolute atomic E-state index is 0.786. The number of hydrogen-bond acceptors (Lipinski definition) is 2. The third-order valence-electron chi connectivity index (χ3n) is 2.61. The van der Waals surface area contributed by atoms with E-state index in [1.807, 2.05) is 42.5 Å². The zero-order valence-electron chi connectivity index (χ0n) is 8.60. The summed E-state index contributed by atoms with van der Waals surface area (Å²) in [4.78, 5) is 10.9. The zero-order valence-corrected chi connectivity index (χ0v) is 8.60. The van der Waals surface area contributed by atoms with Crippen molar-refractivity contribution in [2.24, 2.45) is 5.73 Å². The van der Waals surface area contributed by atoms with Gasteiger partial charge in [0.25, 0.3) is 0 Å². The first-order valence-corrected chi connectivity index (χ1v) is 4.88. The van der Waals surface area contributed by atoms with Gasteiger partial charge in [0.2, 0.25) is 0 Å². The highest BCUT2D eigenvalue weighted by molar-refractivity contribution is 5.89. The minimum atomic E-state index is -0.916. The third kappa shape index (κ3) is 1.64. The number of carbonyl (C=O) groups excluding carboxylic acids is 1. The fourth-order valence-electron chi connectivity index (χ4n) is 1.76. The summed E-state index contributed by atoms with van der Waals surface area (Å²) in [6.07, 6.45) is 0.786. The molecule has 0 bridgehead atoms. The maximum absolute atomic E-state index is 10.9. The number of aldehydes is 1. The van der Waals surface area contributed by atoms with Gasteiger partial charge in [-0.15, -0.1) is 0 Å². The second-order valence-electron chi connectivity index (χ2n) is 3.93. The van der Waals surface area contributed by atoms with Crippen molar-refractivity contribution in [3.63, 3.8) is 0 Å². The Morgan fingerprint density at radius 2 is 1.80 bits per heavy atom. The number of rotatable bonds is 2. The molecule has 0 aliphatic carbocycles. The maximum atomic E-state index is 10.9. The van der Waals surface area contributed by atoms with Crippen LogP contribution in [0.4, 0.5) is 0 Å². The van der Waals surface area contributed by atoms with Gasteiger partial charge in [-0.3, -0.25) is 0 Å². The number of nitrogens with two attached hydrogens (primary N) is 1. The molecule has 1 atom stereocenters. The normalized spacial score (nSPS) is 14.8. The first-order chi connectivity index (χ1) is 7.15. The highest BCUT2D eigenvalue weighted by atomic mass is 16.1. The lowest BCUT2D eigenvalue weighted by Crippen LogP contribution is -2.34. The molecule has 0 fully saturated rings. The molecule has 0 aromatic heterocycles. The highest BCUT2D eigenvalue weighted by Gasteiger charge is 2.21. The molecule has 0 radical (unpaired) electrons. The quantitative estimate of drug-likeness (QED) is 0.753. The Kier molecular flexibility index (Phi) is 2.29. The van der Waals surface area contributed by atoms with E-state index in [1.165, 1.54) is 0 Å². The first-order valence-electron chi connectivity index (χ1n) is 4.88. The molecular formula is C13H13NO. The molecule has 2 rings (SSSR count). The Morgan fingerprint density at radius 3 is 2.53 bits per heavy atom. The molecule has 0 unspecified atom stereocenters. The molecule has 0 aliphatic heterocycles. The second kappa shape index (κ2) is 3.48. The van der Waals surface area contributed by atoms with E-state index in [-0.39, 0.29) is 0 Å². The molecule has 2 aromatic rings. The smallest absolute Gasteiger partial charge is 0.144 e. The summed E-state index contributed by atoms with van der Waals surface area (Å²) >= 11 is 0. The van der Waals surface area contributed by atoms with E-state index in [0.29, 0.717) is 0 Å². The summed E-state index contributed by atoms with van der Waals surface area (Å²) in [6, 6.07) is 13.8. The van der Waals surface area contributed by atoms with Gasteiger partial charge in [0, 0.05) is 0 Å². The Labute approximate surface area is 88.7 Å². The van der Waals surface area contributed by atoms with Gasteiger partial charge in [-0.05, 0) is 23.3 Å². The molecule has 0 saturated carbocycles. The van der Waals surface area contributed by atoms with E-state index in [1.54, 1.807) is 6.92 Å². The van der Waals surface area contributed by atoms with Gasteiger partial charge in [-0.1, -0.05) is 42.5 Å². The average Bonchev–Trinajstić information content (AvgIpc) is 2.28. The van der Waals surface area contributed by atoms with E-state index in [9.17, 15) is 4.79 Å². The lowest BCUT2D eigenvalue weighted by atomic mass is 9.90. The number of benzene rings is 2. The fourth-order valence-corrected chi connectivity index (χ4v) is 1.76. The Morgan fingerprint density at radius 1 is 1.13 bits per heavy atom. The predicted octanol–water partition coefficient (Wildman–Crippen LogP) is 2.21. The van der Waals surface area contributed by atoms with Gasteiger partial charge in [0.05, 0.1) is 5.54 Å². The largest absolute Gasteiger partial charge is 0.316 e. The summed E-state index contributed by atoms with van der Waals surface area (Å²) < 4.78 is 0. The molecule has 2 aromatic carbocycles. The molecule has 2 N–H and O–H groups in total. The average molecular weight is 199 g/mol. The van der Waals surface area contributed by atoms with Crippen LogP contribution in [0.25, 0.3) is 10.8 Å². The van der Waals surface area contributed by atoms with Gasteiger partial charge in [-0.2, -0.15) is 0 Å². The Hall–Kier alpha value is -1.67. The van der Waals surface area contributed by atoms with E-state index in [0.717, 1.165) is 22.6 Å². The van der Waals surface area contributed by atoms with Crippen LogP contribution in [0.2, 0.25) is 0 Å².